The molecule has 0 spiro atoms. The summed E-state index contributed by atoms with van der Waals surface area (Å²) in [4.78, 5) is 36.9. The van der Waals surface area contributed by atoms with E-state index in [0.717, 1.165) is 6.92 Å². The van der Waals surface area contributed by atoms with E-state index in [0.29, 0.717) is 0 Å². The summed E-state index contributed by atoms with van der Waals surface area (Å²) < 4.78 is 29.9. The van der Waals surface area contributed by atoms with Crippen LogP contribution >= 0.6 is 0 Å². The van der Waals surface area contributed by atoms with Crippen LogP contribution in [-0.4, -0.2) is 41.1 Å². The van der Waals surface area contributed by atoms with Gasteiger partial charge in [0.2, 0.25) is 0 Å². The summed E-state index contributed by atoms with van der Waals surface area (Å²) >= 11 is 0. The van der Waals surface area contributed by atoms with Crippen molar-refractivity contribution in [2.45, 2.75) is 18.6 Å². The Bertz CT molecular complexity index is 436. The molecule has 10 heteroatoms. The van der Waals surface area contributed by atoms with Crippen molar-refractivity contribution in [2.75, 3.05) is 0 Å². The Morgan fingerprint density at radius 3 is 2.38 bits per heavy atom. The predicted octanol–water partition coefficient (Wildman–Crippen LogP) is -4.40. The van der Waals surface area contributed by atoms with Gasteiger partial charge in [0.05, 0.1) is 6.42 Å². The number of rotatable bonds is 2. The van der Waals surface area contributed by atoms with Gasteiger partial charge in [-0.05, 0) is 0 Å². The maximum absolute atomic E-state index is 11.2. The minimum absolute atomic E-state index is 0. The third kappa shape index (κ3) is 3.25. The van der Waals surface area contributed by atoms with Gasteiger partial charge in [-0.1, -0.05) is 0 Å². The molecule has 1 aliphatic heterocycles. The summed E-state index contributed by atoms with van der Waals surface area (Å²) in [5.41, 5.74) is 0. The molecule has 1 aliphatic rings. The summed E-state index contributed by atoms with van der Waals surface area (Å²) in [6.07, 6.45) is -0.731. The Hall–Kier alpha value is -0.480. The van der Waals surface area contributed by atoms with E-state index >= 15 is 0 Å². The zero-order valence-corrected chi connectivity index (χ0v) is 11.4. The Kier molecular flexibility index (Phi) is 5.08. The number of amides is 2. The van der Waals surface area contributed by atoms with E-state index in [1.54, 1.807) is 0 Å². The molecule has 0 aromatic carbocycles. The molecule has 2 amide bonds. The second-order valence-corrected chi connectivity index (χ2v) is 4.42. The van der Waals surface area contributed by atoms with Crippen LogP contribution in [0.25, 0.3) is 0 Å². The van der Waals surface area contributed by atoms with Crippen molar-refractivity contribution in [1.29, 1.82) is 0 Å². The Morgan fingerprint density at radius 1 is 1.56 bits per heavy atom. The molecule has 0 radical (unpaired) electrons. The first-order valence-corrected chi connectivity index (χ1v) is 5.25. The molecule has 1 unspecified atom stereocenters. The number of carbonyl (C=O) groups excluding carboxylic acids is 3. The predicted molar refractivity (Wildman–Crippen MR) is 44.7 cm³/mol. The van der Waals surface area contributed by atoms with Crippen LogP contribution < -0.4 is 29.6 Å². The van der Waals surface area contributed by atoms with Crippen molar-refractivity contribution < 1.29 is 63.2 Å². The van der Waals surface area contributed by atoms with Gasteiger partial charge in [0.1, 0.15) is 0 Å². The van der Waals surface area contributed by atoms with Crippen molar-refractivity contribution in [1.82, 2.24) is 5.06 Å². The molecule has 86 valence electrons. The smallest absolute Gasteiger partial charge is 1.00 e. The average Bonchev–Trinajstić information content (AvgIpc) is 2.30. The van der Waals surface area contributed by atoms with E-state index in [9.17, 15) is 22.8 Å². The Labute approximate surface area is 114 Å². The molecule has 0 saturated carbocycles. The molecule has 0 aromatic rings. The van der Waals surface area contributed by atoms with Crippen molar-refractivity contribution >= 4 is 27.9 Å². The monoisotopic (exact) mass is 261 g/mol. The molecule has 1 saturated heterocycles. The van der Waals surface area contributed by atoms with Gasteiger partial charge in [0, 0.05) is 6.92 Å². The maximum Gasteiger partial charge on any atom is 1.00 e. The van der Waals surface area contributed by atoms with Crippen molar-refractivity contribution in [3.63, 3.8) is 0 Å². The third-order valence-electron chi connectivity index (χ3n) is 1.64. The van der Waals surface area contributed by atoms with Crippen LogP contribution in [0.4, 0.5) is 0 Å². The second-order valence-electron chi connectivity index (χ2n) is 2.82. The maximum atomic E-state index is 11.2. The Morgan fingerprint density at radius 2 is 2.06 bits per heavy atom. The van der Waals surface area contributed by atoms with Gasteiger partial charge in [-0.2, -0.15) is 8.42 Å². The van der Waals surface area contributed by atoms with Gasteiger partial charge in [-0.25, -0.2) is 4.79 Å². The van der Waals surface area contributed by atoms with Gasteiger partial charge < -0.3 is 6.26 Å². The van der Waals surface area contributed by atoms with Crippen molar-refractivity contribution in [2.24, 2.45) is 0 Å². The fourth-order valence-corrected chi connectivity index (χ4v) is 1.74. The molecule has 1 rings (SSSR count). The average molecular weight is 261 g/mol. The first kappa shape index (κ1) is 15.5. The quantitative estimate of drug-likeness (QED) is 0.303. The standard InChI is InChI=1S/C6H7NO7S.Na.H/c1-3(8)14-7-5(9)2-4(6(7)10)15(11,12)13;;/h4H,2H2,1H3,(H,11,12,13);;/q;+1;-1. The van der Waals surface area contributed by atoms with Gasteiger partial charge in [-0.3, -0.25) is 14.1 Å². The fourth-order valence-electron chi connectivity index (χ4n) is 1.04. The van der Waals surface area contributed by atoms with Crippen LogP contribution in [0.2, 0.25) is 0 Å². The second kappa shape index (κ2) is 5.23. The van der Waals surface area contributed by atoms with E-state index < -0.39 is 39.6 Å². The largest absolute Gasteiger partial charge is 1.00 e. The van der Waals surface area contributed by atoms with E-state index in [-0.39, 0.29) is 36.0 Å². The molecule has 16 heavy (non-hydrogen) atoms. The van der Waals surface area contributed by atoms with Gasteiger partial charge in [0.15, 0.2) is 5.25 Å². The minimum Gasteiger partial charge on any atom is -1.00 e. The molecule has 1 fully saturated rings. The number of hydrogen-bond acceptors (Lipinski definition) is 6. The van der Waals surface area contributed by atoms with Gasteiger partial charge >= 0.3 is 35.5 Å². The SMILES string of the molecule is CC(=O)ON1C(=O)CC(S(=O)(=O)O)C1=O.[H-].[Na+]. The third-order valence-corrected chi connectivity index (χ3v) is 2.73. The first-order chi connectivity index (χ1) is 6.73. The van der Waals surface area contributed by atoms with E-state index in [1.165, 1.54) is 0 Å². The number of imide groups is 1. The molecule has 1 N–H and O–H groups in total. The summed E-state index contributed by atoms with van der Waals surface area (Å²) in [7, 11) is -4.66. The molecular weight excluding hydrogens is 253 g/mol. The molecule has 8 nitrogen and oxygen atoms in total. The minimum atomic E-state index is -4.66. The topological polar surface area (TPSA) is 118 Å². The molecule has 0 aliphatic carbocycles. The summed E-state index contributed by atoms with van der Waals surface area (Å²) in [6.45, 7) is 0.946. The van der Waals surface area contributed by atoms with E-state index in [4.69, 9.17) is 4.55 Å². The van der Waals surface area contributed by atoms with Crippen LogP contribution in [0.1, 0.15) is 14.8 Å². The van der Waals surface area contributed by atoms with Crippen LogP contribution in [0.15, 0.2) is 0 Å². The molecule has 0 bridgehead atoms. The van der Waals surface area contributed by atoms with Crippen LogP contribution in [0.5, 0.6) is 0 Å². The van der Waals surface area contributed by atoms with E-state index in [2.05, 4.69) is 4.84 Å². The number of nitrogens with zero attached hydrogens (tertiary/aromatic N) is 1. The normalized spacial score (nSPS) is 20.6. The zero-order valence-electron chi connectivity index (χ0n) is 9.54. The van der Waals surface area contributed by atoms with Crippen LogP contribution in [-0.2, 0) is 29.3 Å². The number of hydrogen-bond donors (Lipinski definition) is 1. The molecule has 1 heterocycles. The summed E-state index contributed by atoms with van der Waals surface area (Å²) in [5.74, 6) is -3.19. The van der Waals surface area contributed by atoms with Crippen molar-refractivity contribution in [3.05, 3.63) is 0 Å². The fraction of sp³-hybridized carbons (Fsp3) is 0.500. The van der Waals surface area contributed by atoms with Crippen molar-refractivity contribution in [3.8, 4) is 0 Å². The van der Waals surface area contributed by atoms with Gasteiger partial charge in [-0.15, -0.1) is 5.06 Å². The van der Waals surface area contributed by atoms with Crippen LogP contribution in [0, 0.1) is 0 Å². The summed E-state index contributed by atoms with van der Waals surface area (Å²) in [6, 6.07) is 0. The number of carbonyl (C=O) groups is 3. The van der Waals surface area contributed by atoms with Gasteiger partial charge in [0.25, 0.3) is 21.9 Å². The molecule has 0 aromatic heterocycles. The number of hydroxylamine groups is 2. The first-order valence-electron chi connectivity index (χ1n) is 3.75. The zero-order chi connectivity index (χ0) is 11.8. The van der Waals surface area contributed by atoms with Crippen LogP contribution in [0.3, 0.4) is 0 Å². The Balaban J connectivity index is 0. The summed E-state index contributed by atoms with van der Waals surface area (Å²) in [5, 5.41) is -1.84. The molecular formula is C6H8NNaO7S. The van der Waals surface area contributed by atoms with E-state index in [1.807, 2.05) is 0 Å². The molecule has 1 atom stereocenters.